The Hall–Kier alpha value is -3.23. The number of halogens is 2. The highest BCUT2D eigenvalue weighted by molar-refractivity contribution is 5.99. The van der Waals surface area contributed by atoms with Gasteiger partial charge in [0, 0.05) is 17.4 Å². The van der Waals surface area contributed by atoms with Crippen molar-refractivity contribution >= 4 is 23.5 Å². The molecule has 2 rings (SSSR count). The highest BCUT2D eigenvalue weighted by atomic mass is 19.2. The van der Waals surface area contributed by atoms with Crippen LogP contribution in [0.15, 0.2) is 18.2 Å². The fourth-order valence-electron chi connectivity index (χ4n) is 2.44. The van der Waals surface area contributed by atoms with Crippen molar-refractivity contribution in [1.82, 2.24) is 4.98 Å². The molecule has 2 N–H and O–H groups in total. The Morgan fingerprint density at radius 2 is 1.78 bits per heavy atom. The van der Waals surface area contributed by atoms with Crippen molar-refractivity contribution in [2.24, 2.45) is 0 Å². The summed E-state index contributed by atoms with van der Waals surface area (Å²) < 4.78 is 35.8. The van der Waals surface area contributed by atoms with Crippen LogP contribution in [0.2, 0.25) is 0 Å². The van der Waals surface area contributed by atoms with Crippen LogP contribution in [0.3, 0.4) is 0 Å². The Morgan fingerprint density at radius 1 is 1.07 bits per heavy atom. The molecular weight excluding hydrogens is 362 g/mol. The van der Waals surface area contributed by atoms with Gasteiger partial charge in [-0.05, 0) is 38.5 Å². The van der Waals surface area contributed by atoms with Crippen LogP contribution in [0, 0.1) is 25.5 Å². The second-order valence-corrected chi connectivity index (χ2v) is 5.60. The van der Waals surface area contributed by atoms with E-state index >= 15 is 0 Å². The van der Waals surface area contributed by atoms with Gasteiger partial charge in [0.05, 0.1) is 12.2 Å². The van der Waals surface area contributed by atoms with Crippen molar-refractivity contribution in [3.05, 3.63) is 52.3 Å². The summed E-state index contributed by atoms with van der Waals surface area (Å²) in [6.07, 6.45) is 0. The molecule has 0 unspecified atom stereocenters. The molecule has 27 heavy (non-hydrogen) atoms. The van der Waals surface area contributed by atoms with E-state index in [1.54, 1.807) is 20.8 Å². The molecule has 0 aliphatic rings. The Kier molecular flexibility index (Phi) is 6.27. The quantitative estimate of drug-likeness (QED) is 0.751. The van der Waals surface area contributed by atoms with Crippen LogP contribution in [0.1, 0.15) is 39.0 Å². The highest BCUT2D eigenvalue weighted by Crippen LogP contribution is 2.20. The van der Waals surface area contributed by atoms with E-state index in [-0.39, 0.29) is 23.6 Å². The summed E-state index contributed by atoms with van der Waals surface area (Å²) in [6, 6.07) is 2.83. The zero-order valence-corrected chi connectivity index (χ0v) is 14.9. The first kappa shape index (κ1) is 20.1. The number of aromatic amines is 1. The Morgan fingerprint density at radius 3 is 2.41 bits per heavy atom. The molecule has 0 aliphatic carbocycles. The second-order valence-electron chi connectivity index (χ2n) is 5.60. The van der Waals surface area contributed by atoms with Gasteiger partial charge in [-0.15, -0.1) is 0 Å². The average molecular weight is 380 g/mol. The maximum Gasteiger partial charge on any atom is 0.355 e. The molecule has 0 fully saturated rings. The summed E-state index contributed by atoms with van der Waals surface area (Å²) in [5, 5.41) is 2.28. The van der Waals surface area contributed by atoms with Gasteiger partial charge in [-0.3, -0.25) is 4.79 Å². The first-order valence-corrected chi connectivity index (χ1v) is 8.02. The SMILES string of the molecule is CCOC(=O)c1c(C)[nH]c(C(=O)OCC(=O)Nc2ccc(F)c(F)c2)c1C. The summed E-state index contributed by atoms with van der Waals surface area (Å²) in [5.74, 6) is -4.31. The van der Waals surface area contributed by atoms with E-state index in [1.165, 1.54) is 6.07 Å². The molecule has 1 heterocycles. The van der Waals surface area contributed by atoms with Crippen LogP contribution in [-0.4, -0.2) is 36.0 Å². The minimum atomic E-state index is -1.12. The lowest BCUT2D eigenvalue weighted by molar-refractivity contribution is -0.119. The number of aryl methyl sites for hydroxylation is 1. The number of carbonyl (C=O) groups is 3. The zero-order chi connectivity index (χ0) is 20.1. The third kappa shape index (κ3) is 4.69. The Balaban J connectivity index is 2.01. The number of esters is 2. The first-order chi connectivity index (χ1) is 12.7. The average Bonchev–Trinajstić information content (AvgIpc) is 2.91. The van der Waals surface area contributed by atoms with E-state index < -0.39 is 36.1 Å². The number of hydrogen-bond donors (Lipinski definition) is 2. The molecule has 1 aromatic carbocycles. The standard InChI is InChI=1S/C18H18F2N2O5/c1-4-26-17(24)15-9(2)16(21-10(15)3)18(25)27-8-14(23)22-11-5-6-12(19)13(20)7-11/h5-7,21H,4,8H2,1-3H3,(H,22,23). The molecule has 9 heteroatoms. The predicted molar refractivity (Wildman–Crippen MR) is 91.5 cm³/mol. The van der Waals surface area contributed by atoms with Gasteiger partial charge in [0.1, 0.15) is 5.69 Å². The van der Waals surface area contributed by atoms with Crippen molar-refractivity contribution in [3.8, 4) is 0 Å². The smallest absolute Gasteiger partial charge is 0.355 e. The zero-order valence-electron chi connectivity index (χ0n) is 14.9. The maximum atomic E-state index is 13.1. The van der Waals surface area contributed by atoms with Gasteiger partial charge < -0.3 is 19.8 Å². The van der Waals surface area contributed by atoms with Crippen LogP contribution >= 0.6 is 0 Å². The Bertz CT molecular complexity index is 892. The Labute approximate surface area is 153 Å². The molecule has 0 radical (unpaired) electrons. The summed E-state index contributed by atoms with van der Waals surface area (Å²) in [6.45, 7) is 4.35. The topological polar surface area (TPSA) is 97.5 Å². The van der Waals surface area contributed by atoms with Gasteiger partial charge in [0.2, 0.25) is 0 Å². The molecule has 7 nitrogen and oxygen atoms in total. The van der Waals surface area contributed by atoms with Crippen LogP contribution in [0.4, 0.5) is 14.5 Å². The number of amides is 1. The number of anilines is 1. The third-order valence-electron chi connectivity index (χ3n) is 3.66. The molecule has 0 spiro atoms. The van der Waals surface area contributed by atoms with E-state index in [1.807, 2.05) is 0 Å². The van der Waals surface area contributed by atoms with Crippen LogP contribution < -0.4 is 5.32 Å². The predicted octanol–water partition coefficient (Wildman–Crippen LogP) is 2.88. The number of benzene rings is 1. The summed E-state index contributed by atoms with van der Waals surface area (Å²) >= 11 is 0. The van der Waals surface area contributed by atoms with Gasteiger partial charge in [0.15, 0.2) is 18.2 Å². The number of H-pyrrole nitrogens is 1. The maximum absolute atomic E-state index is 13.1. The van der Waals surface area contributed by atoms with E-state index in [2.05, 4.69) is 10.3 Å². The fourth-order valence-corrected chi connectivity index (χ4v) is 2.44. The molecular formula is C18H18F2N2O5. The molecule has 2 aromatic rings. The summed E-state index contributed by atoms with van der Waals surface area (Å²) in [4.78, 5) is 38.6. The molecule has 0 saturated carbocycles. The monoisotopic (exact) mass is 380 g/mol. The molecule has 144 valence electrons. The molecule has 0 saturated heterocycles. The lowest BCUT2D eigenvalue weighted by Crippen LogP contribution is -2.21. The van der Waals surface area contributed by atoms with Crippen molar-refractivity contribution in [3.63, 3.8) is 0 Å². The lowest BCUT2D eigenvalue weighted by Gasteiger charge is -2.07. The van der Waals surface area contributed by atoms with E-state index in [4.69, 9.17) is 9.47 Å². The fraction of sp³-hybridized carbons (Fsp3) is 0.278. The third-order valence-corrected chi connectivity index (χ3v) is 3.66. The van der Waals surface area contributed by atoms with Gasteiger partial charge in [0.25, 0.3) is 5.91 Å². The van der Waals surface area contributed by atoms with E-state index in [0.717, 1.165) is 12.1 Å². The van der Waals surface area contributed by atoms with Crippen molar-refractivity contribution in [1.29, 1.82) is 0 Å². The molecule has 0 atom stereocenters. The molecule has 1 aromatic heterocycles. The van der Waals surface area contributed by atoms with Gasteiger partial charge >= 0.3 is 11.9 Å². The van der Waals surface area contributed by atoms with Crippen molar-refractivity contribution in [2.45, 2.75) is 20.8 Å². The molecule has 0 aliphatic heterocycles. The second kappa shape index (κ2) is 8.43. The minimum absolute atomic E-state index is 0.0199. The van der Waals surface area contributed by atoms with E-state index in [9.17, 15) is 23.2 Å². The largest absolute Gasteiger partial charge is 0.462 e. The van der Waals surface area contributed by atoms with Crippen molar-refractivity contribution < 1.29 is 32.6 Å². The number of ether oxygens (including phenoxy) is 2. The summed E-state index contributed by atoms with van der Waals surface area (Å²) in [7, 11) is 0. The summed E-state index contributed by atoms with van der Waals surface area (Å²) in [5.41, 5.74) is 1.05. The number of rotatable bonds is 6. The van der Waals surface area contributed by atoms with E-state index in [0.29, 0.717) is 11.3 Å². The first-order valence-electron chi connectivity index (χ1n) is 8.02. The highest BCUT2D eigenvalue weighted by Gasteiger charge is 2.24. The van der Waals surface area contributed by atoms with Gasteiger partial charge in [-0.25, -0.2) is 18.4 Å². The normalized spacial score (nSPS) is 10.4. The number of hydrogen-bond acceptors (Lipinski definition) is 5. The number of carbonyl (C=O) groups excluding carboxylic acids is 3. The molecule has 1 amide bonds. The number of nitrogens with one attached hydrogen (secondary N) is 2. The van der Waals surface area contributed by atoms with Gasteiger partial charge in [-0.2, -0.15) is 0 Å². The number of aromatic nitrogens is 1. The van der Waals surface area contributed by atoms with Crippen LogP contribution in [0.5, 0.6) is 0 Å². The van der Waals surface area contributed by atoms with Crippen LogP contribution in [-0.2, 0) is 14.3 Å². The minimum Gasteiger partial charge on any atom is -0.462 e. The van der Waals surface area contributed by atoms with Crippen LogP contribution in [0.25, 0.3) is 0 Å². The van der Waals surface area contributed by atoms with Crippen molar-refractivity contribution in [2.75, 3.05) is 18.5 Å². The van der Waals surface area contributed by atoms with Gasteiger partial charge in [-0.1, -0.05) is 0 Å². The molecule has 0 bridgehead atoms. The lowest BCUT2D eigenvalue weighted by atomic mass is 10.1.